The topological polar surface area (TPSA) is 84.9 Å². The first-order chi connectivity index (χ1) is 11.6. The van der Waals surface area contributed by atoms with E-state index < -0.39 is 17.6 Å². The Morgan fingerprint density at radius 1 is 1.12 bits per heavy atom. The molecule has 1 saturated heterocycles. The summed E-state index contributed by atoms with van der Waals surface area (Å²) in [5, 5.41) is 11.9. The van der Waals surface area contributed by atoms with Gasteiger partial charge in [0.1, 0.15) is 12.1 Å². The van der Waals surface area contributed by atoms with E-state index in [2.05, 4.69) is 5.32 Å². The van der Waals surface area contributed by atoms with Gasteiger partial charge in [-0.2, -0.15) is 0 Å². The Bertz CT molecular complexity index is 740. The maximum absolute atomic E-state index is 12.1. The highest BCUT2D eigenvalue weighted by Crippen LogP contribution is 2.30. The second-order valence-electron chi connectivity index (χ2n) is 5.65. The van der Waals surface area contributed by atoms with Crippen molar-refractivity contribution in [2.45, 2.75) is 12.1 Å². The van der Waals surface area contributed by atoms with E-state index in [1.165, 1.54) is 6.07 Å². The first-order valence-corrected chi connectivity index (χ1v) is 7.49. The molecule has 0 bridgehead atoms. The van der Waals surface area contributed by atoms with Crippen molar-refractivity contribution in [3.8, 4) is 0 Å². The predicted octanol–water partition coefficient (Wildman–Crippen LogP) is 2.54. The van der Waals surface area contributed by atoms with Gasteiger partial charge in [-0.05, 0) is 23.3 Å². The maximum atomic E-state index is 12.1. The number of hydrogen-bond acceptors (Lipinski definition) is 4. The van der Waals surface area contributed by atoms with E-state index in [0.717, 1.165) is 5.56 Å². The van der Waals surface area contributed by atoms with Crippen molar-refractivity contribution in [2.24, 2.45) is 0 Å². The van der Waals surface area contributed by atoms with Crippen LogP contribution in [-0.2, 0) is 21.6 Å². The van der Waals surface area contributed by atoms with Crippen LogP contribution in [0.1, 0.15) is 21.5 Å². The number of benzene rings is 2. The molecule has 3 rings (SSSR count). The minimum Gasteiger partial charge on any atom is -0.478 e. The molecule has 1 amide bonds. The highest BCUT2D eigenvalue weighted by molar-refractivity contribution is 5.87. The molecule has 6 nitrogen and oxygen atoms in total. The lowest BCUT2D eigenvalue weighted by Crippen LogP contribution is -2.59. The van der Waals surface area contributed by atoms with Crippen LogP contribution in [0.3, 0.4) is 0 Å². The lowest BCUT2D eigenvalue weighted by atomic mass is 9.87. The molecule has 0 aromatic heterocycles. The fraction of sp³-hybridized carbons (Fsp3) is 0.222. The van der Waals surface area contributed by atoms with Crippen LogP contribution in [0.5, 0.6) is 0 Å². The van der Waals surface area contributed by atoms with Crippen LogP contribution in [0, 0.1) is 0 Å². The van der Waals surface area contributed by atoms with Crippen molar-refractivity contribution in [3.05, 3.63) is 71.3 Å². The number of carboxylic acid groups (broad SMARTS) is 1. The van der Waals surface area contributed by atoms with Crippen LogP contribution in [-0.4, -0.2) is 30.4 Å². The van der Waals surface area contributed by atoms with E-state index in [0.29, 0.717) is 5.56 Å². The predicted molar refractivity (Wildman–Crippen MR) is 85.7 cm³/mol. The van der Waals surface area contributed by atoms with Crippen LogP contribution in [0.25, 0.3) is 0 Å². The maximum Gasteiger partial charge on any atom is 0.408 e. The van der Waals surface area contributed by atoms with Gasteiger partial charge in [-0.25, -0.2) is 9.59 Å². The average molecular weight is 327 g/mol. The minimum atomic E-state index is -1.01. The van der Waals surface area contributed by atoms with E-state index >= 15 is 0 Å². The zero-order valence-corrected chi connectivity index (χ0v) is 12.9. The van der Waals surface area contributed by atoms with Gasteiger partial charge in [0, 0.05) is 0 Å². The van der Waals surface area contributed by atoms with Gasteiger partial charge >= 0.3 is 12.1 Å². The number of ether oxygens (including phenoxy) is 2. The van der Waals surface area contributed by atoms with Gasteiger partial charge < -0.3 is 19.9 Å². The monoisotopic (exact) mass is 327 g/mol. The number of alkyl carbamates (subject to hydrolysis) is 1. The lowest BCUT2D eigenvalue weighted by Gasteiger charge is -2.42. The van der Waals surface area contributed by atoms with E-state index in [-0.39, 0.29) is 25.4 Å². The Balaban J connectivity index is 1.68. The van der Waals surface area contributed by atoms with Crippen LogP contribution < -0.4 is 5.32 Å². The first-order valence-electron chi connectivity index (χ1n) is 7.49. The number of carbonyl (C=O) groups is 2. The smallest absolute Gasteiger partial charge is 0.408 e. The molecule has 6 heteroatoms. The molecule has 0 unspecified atom stereocenters. The molecule has 2 N–H and O–H groups in total. The van der Waals surface area contributed by atoms with Crippen molar-refractivity contribution in [1.82, 2.24) is 5.32 Å². The molecule has 0 atom stereocenters. The number of nitrogens with one attached hydrogen (secondary N) is 1. The number of rotatable bonds is 5. The fourth-order valence-electron chi connectivity index (χ4n) is 2.52. The SMILES string of the molecule is O=C(NC1(c2cccc(C(=O)O)c2)COC1)OCc1ccccc1. The Kier molecular flexibility index (Phi) is 4.48. The zero-order valence-electron chi connectivity index (χ0n) is 12.9. The second-order valence-corrected chi connectivity index (χ2v) is 5.65. The summed E-state index contributed by atoms with van der Waals surface area (Å²) in [6.07, 6.45) is -0.567. The summed E-state index contributed by atoms with van der Waals surface area (Å²) in [5.41, 5.74) is 0.988. The molecule has 0 aliphatic carbocycles. The largest absolute Gasteiger partial charge is 0.478 e. The number of carbonyl (C=O) groups excluding carboxylic acids is 1. The summed E-state index contributed by atoms with van der Waals surface area (Å²) < 4.78 is 10.5. The van der Waals surface area contributed by atoms with Crippen LogP contribution in [0.4, 0.5) is 4.79 Å². The zero-order chi connectivity index (χ0) is 17.0. The Hall–Kier alpha value is -2.86. The number of hydrogen-bond donors (Lipinski definition) is 2. The van der Waals surface area contributed by atoms with E-state index in [9.17, 15) is 9.59 Å². The van der Waals surface area contributed by atoms with Crippen LogP contribution >= 0.6 is 0 Å². The normalized spacial score (nSPS) is 15.2. The van der Waals surface area contributed by atoms with Gasteiger partial charge in [-0.1, -0.05) is 42.5 Å². The quantitative estimate of drug-likeness (QED) is 0.881. The third-order valence-corrected chi connectivity index (χ3v) is 3.91. The average Bonchev–Trinajstić information content (AvgIpc) is 2.57. The standard InChI is InChI=1S/C18H17NO5/c20-16(21)14-7-4-8-15(9-14)18(11-23-12-18)19-17(22)24-10-13-5-2-1-3-6-13/h1-9H,10-12H2,(H,19,22)(H,20,21). The molecule has 0 spiro atoms. The van der Waals surface area contributed by atoms with Gasteiger partial charge in [-0.15, -0.1) is 0 Å². The molecule has 24 heavy (non-hydrogen) atoms. The van der Waals surface area contributed by atoms with Gasteiger partial charge in [-0.3, -0.25) is 0 Å². The van der Waals surface area contributed by atoms with E-state index in [1.807, 2.05) is 30.3 Å². The summed E-state index contributed by atoms with van der Waals surface area (Å²) >= 11 is 0. The highest BCUT2D eigenvalue weighted by Gasteiger charge is 2.42. The second kappa shape index (κ2) is 6.72. The molecule has 1 aliphatic rings. The highest BCUT2D eigenvalue weighted by atomic mass is 16.6. The third-order valence-electron chi connectivity index (χ3n) is 3.91. The Morgan fingerprint density at radius 2 is 1.88 bits per heavy atom. The van der Waals surface area contributed by atoms with Crippen molar-refractivity contribution in [2.75, 3.05) is 13.2 Å². The Morgan fingerprint density at radius 3 is 2.50 bits per heavy atom. The van der Waals surface area contributed by atoms with Crippen molar-refractivity contribution in [3.63, 3.8) is 0 Å². The summed E-state index contributed by atoms with van der Waals surface area (Å²) in [6.45, 7) is 0.714. The molecule has 1 heterocycles. The minimum absolute atomic E-state index is 0.165. The molecule has 1 fully saturated rings. The summed E-state index contributed by atoms with van der Waals surface area (Å²) in [6, 6.07) is 15.8. The van der Waals surface area contributed by atoms with Gasteiger partial charge in [0.2, 0.25) is 0 Å². The van der Waals surface area contributed by atoms with Crippen LogP contribution in [0.2, 0.25) is 0 Å². The molecule has 0 saturated carbocycles. The summed E-state index contributed by atoms with van der Waals surface area (Å²) in [7, 11) is 0. The lowest BCUT2D eigenvalue weighted by molar-refractivity contribution is -0.0762. The van der Waals surface area contributed by atoms with Gasteiger partial charge in [0.15, 0.2) is 0 Å². The van der Waals surface area contributed by atoms with Crippen molar-refractivity contribution < 1.29 is 24.2 Å². The summed E-state index contributed by atoms with van der Waals surface area (Å²) in [5.74, 6) is -1.01. The van der Waals surface area contributed by atoms with Crippen molar-refractivity contribution in [1.29, 1.82) is 0 Å². The molecule has 124 valence electrons. The molecule has 0 radical (unpaired) electrons. The summed E-state index contributed by atoms with van der Waals surface area (Å²) in [4.78, 5) is 23.2. The molecule has 2 aromatic rings. The molecular formula is C18H17NO5. The number of aromatic carboxylic acids is 1. The van der Waals surface area contributed by atoms with Crippen molar-refractivity contribution >= 4 is 12.1 Å². The molecular weight excluding hydrogens is 310 g/mol. The van der Waals surface area contributed by atoms with Gasteiger partial charge in [0.05, 0.1) is 18.8 Å². The fourth-order valence-corrected chi connectivity index (χ4v) is 2.52. The first kappa shape index (κ1) is 16.0. The Labute approximate surface area is 139 Å². The van der Waals surface area contributed by atoms with E-state index in [1.54, 1.807) is 18.2 Å². The van der Waals surface area contributed by atoms with Gasteiger partial charge in [0.25, 0.3) is 0 Å². The van der Waals surface area contributed by atoms with Crippen LogP contribution in [0.15, 0.2) is 54.6 Å². The molecule has 2 aromatic carbocycles. The molecule has 1 aliphatic heterocycles. The van der Waals surface area contributed by atoms with E-state index in [4.69, 9.17) is 14.6 Å². The third kappa shape index (κ3) is 3.38. The number of amides is 1. The number of carboxylic acids is 1.